The van der Waals surface area contributed by atoms with E-state index in [0.717, 1.165) is 23.2 Å². The molecule has 192 valence electrons. The molecule has 0 bridgehead atoms. The molecule has 2 aromatic carbocycles. The molecule has 0 aliphatic carbocycles. The standard InChI is InChI=1S/C26H27ClN6O4/c1-15-30-31-25-21(12-23(34)32-10-9-16(14-32)13-28-26(35)36)29-24(17-3-5-18(27)6-4-17)20-11-19(37-2)7-8-22(20)33(15)25/h3-8,11,16,21,28H,9-10,12-14H2,1-2H3,(H,35,36)/t16?,21-/m0/s1. The van der Waals surface area contributed by atoms with E-state index >= 15 is 0 Å². The lowest BCUT2D eigenvalue weighted by Gasteiger charge is -2.19. The lowest BCUT2D eigenvalue weighted by atomic mass is 10.00. The molecule has 2 N–H and O–H groups in total. The quantitative estimate of drug-likeness (QED) is 0.509. The zero-order chi connectivity index (χ0) is 26.1. The number of rotatable bonds is 6. The molecule has 1 aromatic heterocycles. The Labute approximate surface area is 218 Å². The van der Waals surface area contributed by atoms with Crippen molar-refractivity contribution in [1.29, 1.82) is 0 Å². The number of carbonyl (C=O) groups excluding carboxylic acids is 1. The summed E-state index contributed by atoms with van der Waals surface area (Å²) < 4.78 is 7.46. The summed E-state index contributed by atoms with van der Waals surface area (Å²) in [5, 5.41) is 20.7. The summed E-state index contributed by atoms with van der Waals surface area (Å²) in [6.45, 7) is 3.28. The van der Waals surface area contributed by atoms with Crippen LogP contribution in [0.3, 0.4) is 0 Å². The Morgan fingerprint density at radius 1 is 1.19 bits per heavy atom. The lowest BCUT2D eigenvalue weighted by Crippen LogP contribution is -2.33. The average Bonchev–Trinajstić information content (AvgIpc) is 3.49. The zero-order valence-corrected chi connectivity index (χ0v) is 21.3. The van der Waals surface area contributed by atoms with Crippen LogP contribution in [0.25, 0.3) is 5.69 Å². The summed E-state index contributed by atoms with van der Waals surface area (Å²) in [6.07, 6.45) is -0.200. The number of hydrogen-bond donors (Lipinski definition) is 2. The van der Waals surface area contributed by atoms with E-state index in [9.17, 15) is 9.59 Å². The first-order chi connectivity index (χ1) is 17.8. The van der Waals surface area contributed by atoms with Crippen LogP contribution in [-0.2, 0) is 4.79 Å². The van der Waals surface area contributed by atoms with Gasteiger partial charge in [-0.2, -0.15) is 0 Å². The second-order valence-electron chi connectivity index (χ2n) is 9.21. The number of amides is 2. The van der Waals surface area contributed by atoms with Crippen molar-refractivity contribution in [2.45, 2.75) is 25.8 Å². The summed E-state index contributed by atoms with van der Waals surface area (Å²) in [4.78, 5) is 31.1. The minimum atomic E-state index is -1.06. The van der Waals surface area contributed by atoms with E-state index in [1.807, 2.05) is 54.0 Å². The molecule has 0 saturated carbocycles. The van der Waals surface area contributed by atoms with Gasteiger partial charge in [-0.1, -0.05) is 23.7 Å². The molecule has 1 unspecified atom stereocenters. The number of fused-ring (bicyclic) bond motifs is 3. The molecule has 0 spiro atoms. The molecule has 2 amide bonds. The Morgan fingerprint density at radius 2 is 1.97 bits per heavy atom. The maximum Gasteiger partial charge on any atom is 0.404 e. The summed E-state index contributed by atoms with van der Waals surface area (Å²) in [5.41, 5.74) is 3.25. The predicted octanol–water partition coefficient (Wildman–Crippen LogP) is 3.64. The molecule has 2 aliphatic rings. The van der Waals surface area contributed by atoms with Crippen molar-refractivity contribution in [2.75, 3.05) is 26.7 Å². The summed E-state index contributed by atoms with van der Waals surface area (Å²) >= 11 is 6.16. The summed E-state index contributed by atoms with van der Waals surface area (Å²) in [6, 6.07) is 12.6. The van der Waals surface area contributed by atoms with Crippen LogP contribution in [0.1, 0.15) is 41.7 Å². The fourth-order valence-corrected chi connectivity index (χ4v) is 5.05. The number of aromatic nitrogens is 3. The van der Waals surface area contributed by atoms with Crippen molar-refractivity contribution in [3.05, 3.63) is 70.3 Å². The second-order valence-corrected chi connectivity index (χ2v) is 9.65. The molecule has 5 rings (SSSR count). The van der Waals surface area contributed by atoms with Crippen molar-refractivity contribution in [3.8, 4) is 11.4 Å². The summed E-state index contributed by atoms with van der Waals surface area (Å²) in [7, 11) is 1.61. The second kappa shape index (κ2) is 10.2. The first-order valence-electron chi connectivity index (χ1n) is 12.0. The molecule has 3 aromatic rings. The van der Waals surface area contributed by atoms with Crippen LogP contribution >= 0.6 is 11.6 Å². The molecular weight excluding hydrogens is 496 g/mol. The Hall–Kier alpha value is -3.92. The van der Waals surface area contributed by atoms with Gasteiger partial charge < -0.3 is 20.1 Å². The minimum absolute atomic E-state index is 0.0576. The fraction of sp³-hybridized carbons (Fsp3) is 0.346. The fourth-order valence-electron chi connectivity index (χ4n) is 4.93. The Morgan fingerprint density at radius 3 is 2.70 bits per heavy atom. The molecule has 2 atom stereocenters. The van der Waals surface area contributed by atoms with Gasteiger partial charge in [-0.05, 0) is 49.6 Å². The maximum absolute atomic E-state index is 13.4. The van der Waals surface area contributed by atoms with Crippen LogP contribution in [0.5, 0.6) is 5.75 Å². The number of likely N-dealkylation sites (tertiary alicyclic amines) is 1. The van der Waals surface area contributed by atoms with E-state index < -0.39 is 12.1 Å². The van der Waals surface area contributed by atoms with Gasteiger partial charge >= 0.3 is 6.09 Å². The largest absolute Gasteiger partial charge is 0.497 e. The number of hydrogen-bond acceptors (Lipinski definition) is 6. The maximum atomic E-state index is 13.4. The van der Waals surface area contributed by atoms with Gasteiger partial charge in [0.2, 0.25) is 5.91 Å². The number of aliphatic imine (C=N–C) groups is 1. The van der Waals surface area contributed by atoms with Crippen molar-refractivity contribution < 1.29 is 19.4 Å². The molecule has 10 nitrogen and oxygen atoms in total. The molecule has 1 saturated heterocycles. The van der Waals surface area contributed by atoms with Crippen molar-refractivity contribution >= 4 is 29.3 Å². The molecule has 3 heterocycles. The highest BCUT2D eigenvalue weighted by Crippen LogP contribution is 2.35. The van der Waals surface area contributed by atoms with Crippen molar-refractivity contribution in [1.82, 2.24) is 25.0 Å². The van der Waals surface area contributed by atoms with Crippen molar-refractivity contribution in [2.24, 2.45) is 10.9 Å². The van der Waals surface area contributed by atoms with E-state index in [-0.39, 0.29) is 18.2 Å². The van der Waals surface area contributed by atoms with Gasteiger partial charge in [-0.3, -0.25) is 14.4 Å². The summed E-state index contributed by atoms with van der Waals surface area (Å²) in [5.74, 6) is 1.99. The van der Waals surface area contributed by atoms with Gasteiger partial charge in [0, 0.05) is 35.8 Å². The van der Waals surface area contributed by atoms with E-state index in [1.54, 1.807) is 12.0 Å². The monoisotopic (exact) mass is 522 g/mol. The molecule has 0 radical (unpaired) electrons. The van der Waals surface area contributed by atoms with Crippen LogP contribution in [0.15, 0.2) is 47.5 Å². The Bertz CT molecular complexity index is 1370. The van der Waals surface area contributed by atoms with Crippen LogP contribution in [0.4, 0.5) is 4.79 Å². The van der Waals surface area contributed by atoms with Crippen LogP contribution in [-0.4, -0.2) is 69.2 Å². The lowest BCUT2D eigenvalue weighted by molar-refractivity contribution is -0.130. The SMILES string of the molecule is COc1ccc2c(c1)C(c1ccc(Cl)cc1)=N[C@@H](CC(=O)N1CCC(CNC(=O)O)C1)c1nnc(C)n1-2. The number of aryl methyl sites for hydroxylation is 1. The number of carboxylic acid groups (broad SMARTS) is 1. The van der Waals surface area contributed by atoms with E-state index in [2.05, 4.69) is 15.5 Å². The van der Waals surface area contributed by atoms with Gasteiger partial charge in [-0.15, -0.1) is 10.2 Å². The third-order valence-corrected chi connectivity index (χ3v) is 7.05. The first kappa shape index (κ1) is 24.8. The Balaban J connectivity index is 1.52. The smallest absolute Gasteiger partial charge is 0.404 e. The third kappa shape index (κ3) is 5.01. The number of nitrogens with zero attached hydrogens (tertiary/aromatic N) is 5. The van der Waals surface area contributed by atoms with Gasteiger partial charge in [0.15, 0.2) is 5.82 Å². The topological polar surface area (TPSA) is 122 Å². The van der Waals surface area contributed by atoms with Crippen LogP contribution in [0.2, 0.25) is 5.02 Å². The van der Waals surface area contributed by atoms with Gasteiger partial charge in [0.1, 0.15) is 17.6 Å². The van der Waals surface area contributed by atoms with E-state index in [0.29, 0.717) is 47.8 Å². The highest BCUT2D eigenvalue weighted by molar-refractivity contribution is 6.30. The number of ether oxygens (including phenoxy) is 1. The van der Waals surface area contributed by atoms with Gasteiger partial charge in [0.05, 0.1) is 24.9 Å². The molecule has 37 heavy (non-hydrogen) atoms. The van der Waals surface area contributed by atoms with E-state index in [4.69, 9.17) is 26.4 Å². The highest BCUT2D eigenvalue weighted by atomic mass is 35.5. The molecule has 1 fully saturated rings. The van der Waals surface area contributed by atoms with Crippen molar-refractivity contribution in [3.63, 3.8) is 0 Å². The molecule has 11 heteroatoms. The average molecular weight is 523 g/mol. The number of nitrogens with one attached hydrogen (secondary N) is 1. The number of methoxy groups -OCH3 is 1. The highest BCUT2D eigenvalue weighted by Gasteiger charge is 2.33. The number of benzene rings is 2. The molecule has 2 aliphatic heterocycles. The third-order valence-electron chi connectivity index (χ3n) is 6.80. The normalized spacial score (nSPS) is 18.5. The van der Waals surface area contributed by atoms with Gasteiger partial charge in [0.25, 0.3) is 0 Å². The van der Waals surface area contributed by atoms with Crippen LogP contribution in [0, 0.1) is 12.8 Å². The van der Waals surface area contributed by atoms with Crippen LogP contribution < -0.4 is 10.1 Å². The van der Waals surface area contributed by atoms with E-state index in [1.165, 1.54) is 0 Å². The zero-order valence-electron chi connectivity index (χ0n) is 20.5. The van der Waals surface area contributed by atoms with Gasteiger partial charge in [-0.25, -0.2) is 4.79 Å². The first-order valence-corrected chi connectivity index (χ1v) is 12.4. The molecular formula is C26H27ClN6O4. The number of halogens is 1. The Kier molecular flexibility index (Phi) is 6.84. The number of carbonyl (C=O) groups is 2. The minimum Gasteiger partial charge on any atom is -0.497 e. The predicted molar refractivity (Wildman–Crippen MR) is 138 cm³/mol.